The Kier molecular flexibility index (Phi) is 2.82. The number of hydrogen-bond donors (Lipinski definition) is 0. The van der Waals surface area contributed by atoms with Gasteiger partial charge in [0.15, 0.2) is 0 Å². The monoisotopic (exact) mass is 284 g/mol. The molecule has 0 N–H and O–H groups in total. The van der Waals surface area contributed by atoms with Gasteiger partial charge in [-0.25, -0.2) is 4.98 Å². The third kappa shape index (κ3) is 2.13. The number of para-hydroxylation sites is 1. The zero-order chi connectivity index (χ0) is 13.5. The van der Waals surface area contributed by atoms with Crippen molar-refractivity contribution < 1.29 is 0 Å². The van der Waals surface area contributed by atoms with E-state index in [0.29, 0.717) is 6.04 Å². The SMILES string of the molecule is Cc1cnn(C2CN(Cc3nc4ccccc4s3)C2)c1. The fourth-order valence-corrected chi connectivity index (χ4v) is 3.66. The molecule has 0 unspecified atom stereocenters. The number of hydrogen-bond acceptors (Lipinski definition) is 4. The lowest BCUT2D eigenvalue weighted by molar-refractivity contribution is 0.0908. The largest absolute Gasteiger partial charge is 0.292 e. The summed E-state index contributed by atoms with van der Waals surface area (Å²) in [6.07, 6.45) is 4.05. The van der Waals surface area contributed by atoms with Gasteiger partial charge in [0.05, 0.1) is 29.0 Å². The minimum Gasteiger partial charge on any atom is -0.292 e. The standard InChI is InChI=1S/C15H16N4S/c1-11-6-16-19(7-11)12-8-18(9-12)10-15-17-13-4-2-3-5-14(13)20-15/h2-7,12H,8-10H2,1H3. The molecule has 5 heteroatoms. The number of aromatic nitrogens is 3. The smallest absolute Gasteiger partial charge is 0.108 e. The van der Waals surface area contributed by atoms with Gasteiger partial charge >= 0.3 is 0 Å². The van der Waals surface area contributed by atoms with Gasteiger partial charge in [-0.15, -0.1) is 11.3 Å². The predicted octanol–water partition coefficient (Wildman–Crippen LogP) is 2.86. The first kappa shape index (κ1) is 12.1. The number of rotatable bonds is 3. The van der Waals surface area contributed by atoms with E-state index in [1.807, 2.05) is 12.3 Å². The van der Waals surface area contributed by atoms with Crippen molar-refractivity contribution >= 4 is 21.6 Å². The van der Waals surface area contributed by atoms with Crippen LogP contribution in [0.4, 0.5) is 0 Å². The second kappa shape index (κ2) is 4.68. The van der Waals surface area contributed by atoms with Gasteiger partial charge in [-0.1, -0.05) is 12.1 Å². The Morgan fingerprint density at radius 1 is 1.30 bits per heavy atom. The summed E-state index contributed by atoms with van der Waals surface area (Å²) in [5.74, 6) is 0. The Labute approximate surface area is 121 Å². The van der Waals surface area contributed by atoms with Crippen LogP contribution in [0.3, 0.4) is 0 Å². The van der Waals surface area contributed by atoms with Gasteiger partial charge in [-0.05, 0) is 24.6 Å². The quantitative estimate of drug-likeness (QED) is 0.741. The molecule has 1 aromatic carbocycles. The lowest BCUT2D eigenvalue weighted by Gasteiger charge is -2.38. The molecule has 0 atom stereocenters. The summed E-state index contributed by atoms with van der Waals surface area (Å²) in [4.78, 5) is 7.12. The maximum absolute atomic E-state index is 4.69. The Hall–Kier alpha value is -1.72. The van der Waals surface area contributed by atoms with Crippen molar-refractivity contribution in [1.29, 1.82) is 0 Å². The Morgan fingerprint density at radius 3 is 2.90 bits per heavy atom. The van der Waals surface area contributed by atoms with Crippen LogP contribution in [0.2, 0.25) is 0 Å². The van der Waals surface area contributed by atoms with Crippen LogP contribution < -0.4 is 0 Å². The van der Waals surface area contributed by atoms with E-state index >= 15 is 0 Å². The predicted molar refractivity (Wildman–Crippen MR) is 80.9 cm³/mol. The third-order valence-electron chi connectivity index (χ3n) is 3.74. The van der Waals surface area contributed by atoms with E-state index in [1.165, 1.54) is 15.3 Å². The Morgan fingerprint density at radius 2 is 2.15 bits per heavy atom. The van der Waals surface area contributed by atoms with Gasteiger partial charge in [0.1, 0.15) is 5.01 Å². The number of thiazole rings is 1. The van der Waals surface area contributed by atoms with Crippen molar-refractivity contribution in [3.8, 4) is 0 Å². The highest BCUT2D eigenvalue weighted by Crippen LogP contribution is 2.27. The van der Waals surface area contributed by atoms with Crippen LogP contribution in [-0.2, 0) is 6.54 Å². The molecule has 0 bridgehead atoms. The lowest BCUT2D eigenvalue weighted by atomic mass is 10.1. The molecule has 0 aliphatic carbocycles. The molecule has 1 aliphatic heterocycles. The number of likely N-dealkylation sites (tertiary alicyclic amines) is 1. The van der Waals surface area contributed by atoms with Crippen LogP contribution in [0, 0.1) is 6.92 Å². The molecule has 0 amide bonds. The van der Waals surface area contributed by atoms with E-state index < -0.39 is 0 Å². The van der Waals surface area contributed by atoms with Gasteiger partial charge in [0.25, 0.3) is 0 Å². The molecule has 2 aromatic heterocycles. The van der Waals surface area contributed by atoms with E-state index in [1.54, 1.807) is 11.3 Å². The molecule has 20 heavy (non-hydrogen) atoms. The van der Waals surface area contributed by atoms with Crippen molar-refractivity contribution in [2.24, 2.45) is 0 Å². The first-order valence-electron chi connectivity index (χ1n) is 6.85. The van der Waals surface area contributed by atoms with Gasteiger partial charge in [0, 0.05) is 19.3 Å². The minimum absolute atomic E-state index is 0.526. The van der Waals surface area contributed by atoms with Crippen LogP contribution >= 0.6 is 11.3 Å². The maximum Gasteiger partial charge on any atom is 0.108 e. The topological polar surface area (TPSA) is 34.0 Å². The molecule has 1 aliphatic rings. The molecule has 1 fully saturated rings. The second-order valence-electron chi connectivity index (χ2n) is 5.42. The van der Waals surface area contributed by atoms with Crippen LogP contribution in [0.5, 0.6) is 0 Å². The summed E-state index contributed by atoms with van der Waals surface area (Å²) in [5, 5.41) is 5.60. The summed E-state index contributed by atoms with van der Waals surface area (Å²) in [5.41, 5.74) is 2.35. The van der Waals surface area contributed by atoms with Crippen molar-refractivity contribution in [3.05, 3.63) is 47.2 Å². The van der Waals surface area contributed by atoms with E-state index in [4.69, 9.17) is 4.98 Å². The zero-order valence-electron chi connectivity index (χ0n) is 11.4. The fourth-order valence-electron chi connectivity index (χ4n) is 2.65. The number of nitrogens with zero attached hydrogens (tertiary/aromatic N) is 4. The normalized spacial score (nSPS) is 16.6. The molecule has 0 saturated carbocycles. The molecule has 1 saturated heterocycles. The summed E-state index contributed by atoms with van der Waals surface area (Å²) in [6, 6.07) is 8.87. The van der Waals surface area contributed by atoms with Gasteiger partial charge in [-0.2, -0.15) is 5.10 Å². The highest BCUT2D eigenvalue weighted by Gasteiger charge is 2.29. The Balaban J connectivity index is 1.41. The zero-order valence-corrected chi connectivity index (χ0v) is 12.2. The van der Waals surface area contributed by atoms with Crippen LogP contribution in [0.1, 0.15) is 16.6 Å². The molecular weight excluding hydrogens is 268 g/mol. The summed E-state index contributed by atoms with van der Waals surface area (Å²) >= 11 is 1.80. The summed E-state index contributed by atoms with van der Waals surface area (Å²) in [6.45, 7) is 5.17. The van der Waals surface area contributed by atoms with Crippen molar-refractivity contribution in [2.75, 3.05) is 13.1 Å². The van der Waals surface area contributed by atoms with Crippen molar-refractivity contribution in [2.45, 2.75) is 19.5 Å². The van der Waals surface area contributed by atoms with Crippen LogP contribution in [-0.4, -0.2) is 32.8 Å². The number of aryl methyl sites for hydroxylation is 1. The Bertz CT molecular complexity index is 706. The molecule has 4 nitrogen and oxygen atoms in total. The van der Waals surface area contributed by atoms with Crippen LogP contribution in [0.15, 0.2) is 36.7 Å². The molecular formula is C15H16N4S. The first-order chi connectivity index (χ1) is 9.78. The molecule has 4 rings (SSSR count). The van der Waals surface area contributed by atoms with Gasteiger partial charge < -0.3 is 0 Å². The van der Waals surface area contributed by atoms with Gasteiger partial charge in [0.2, 0.25) is 0 Å². The van der Waals surface area contributed by atoms with Crippen molar-refractivity contribution in [3.63, 3.8) is 0 Å². The maximum atomic E-state index is 4.69. The second-order valence-corrected chi connectivity index (χ2v) is 6.54. The number of fused-ring (bicyclic) bond motifs is 1. The summed E-state index contributed by atoms with van der Waals surface area (Å²) in [7, 11) is 0. The fraction of sp³-hybridized carbons (Fsp3) is 0.333. The molecule has 3 aromatic rings. The van der Waals surface area contributed by atoms with Crippen LogP contribution in [0.25, 0.3) is 10.2 Å². The van der Waals surface area contributed by atoms with Crippen molar-refractivity contribution in [1.82, 2.24) is 19.7 Å². The average Bonchev–Trinajstić information content (AvgIpc) is 2.98. The highest BCUT2D eigenvalue weighted by atomic mass is 32.1. The van der Waals surface area contributed by atoms with Gasteiger partial charge in [-0.3, -0.25) is 9.58 Å². The van der Waals surface area contributed by atoms with E-state index in [-0.39, 0.29) is 0 Å². The average molecular weight is 284 g/mol. The molecule has 0 spiro atoms. The summed E-state index contributed by atoms with van der Waals surface area (Å²) < 4.78 is 3.37. The lowest BCUT2D eigenvalue weighted by Crippen LogP contribution is -2.47. The number of benzene rings is 1. The van der Waals surface area contributed by atoms with E-state index in [2.05, 4.69) is 46.0 Å². The van der Waals surface area contributed by atoms with E-state index in [0.717, 1.165) is 25.2 Å². The molecule has 102 valence electrons. The third-order valence-corrected chi connectivity index (χ3v) is 4.76. The molecule has 0 radical (unpaired) electrons. The highest BCUT2D eigenvalue weighted by molar-refractivity contribution is 7.18. The van der Waals surface area contributed by atoms with E-state index in [9.17, 15) is 0 Å². The first-order valence-corrected chi connectivity index (χ1v) is 7.67. The minimum atomic E-state index is 0.526. The molecule has 3 heterocycles.